The Morgan fingerprint density at radius 1 is 1.27 bits per heavy atom. The summed E-state index contributed by atoms with van der Waals surface area (Å²) in [5.74, 6) is 0.207. The second kappa shape index (κ2) is 7.63. The second-order valence-corrected chi connectivity index (χ2v) is 8.57. The van der Waals surface area contributed by atoms with Crippen molar-refractivity contribution in [2.75, 3.05) is 11.9 Å². The average molecular weight is 424 g/mol. The van der Waals surface area contributed by atoms with Gasteiger partial charge in [-0.3, -0.25) is 9.48 Å². The minimum Gasteiger partial charge on any atom is -0.367 e. The summed E-state index contributed by atoms with van der Waals surface area (Å²) < 4.78 is 43.9. The molecule has 0 spiro atoms. The smallest absolute Gasteiger partial charge is 0.367 e. The van der Waals surface area contributed by atoms with Gasteiger partial charge in [-0.15, -0.1) is 0 Å². The lowest BCUT2D eigenvalue weighted by atomic mass is 9.94. The molecule has 0 saturated carbocycles. The number of aromatic nitrogens is 4. The molecule has 0 aliphatic carbocycles. The zero-order valence-corrected chi connectivity index (χ0v) is 17.4. The van der Waals surface area contributed by atoms with Gasteiger partial charge in [-0.05, 0) is 37.7 Å². The zero-order chi connectivity index (χ0) is 21.6. The van der Waals surface area contributed by atoms with Gasteiger partial charge >= 0.3 is 6.18 Å². The molecule has 1 amide bonds. The Morgan fingerprint density at radius 3 is 2.67 bits per heavy atom. The van der Waals surface area contributed by atoms with Crippen molar-refractivity contribution in [1.82, 2.24) is 24.5 Å². The Bertz CT molecular complexity index is 918. The standard InChI is InChI=1S/C20H27F3N6O/c1-12(2)14-10-17(20(21,22)23)29-18(24-14)11-15(26-29)16-6-4-5-8-28(16)19(30)13-7-9-27(3)25-13/h7,9,11-12,14,16-17,24H,4-6,8,10H2,1-3H3/t14-,16?,17+/m0/s1. The highest BCUT2D eigenvalue weighted by Crippen LogP contribution is 2.42. The maximum atomic E-state index is 13.8. The fourth-order valence-corrected chi connectivity index (χ4v) is 4.38. The van der Waals surface area contributed by atoms with E-state index < -0.39 is 12.2 Å². The van der Waals surface area contributed by atoms with Gasteiger partial charge < -0.3 is 10.2 Å². The average Bonchev–Trinajstić information content (AvgIpc) is 3.31. The van der Waals surface area contributed by atoms with Crippen molar-refractivity contribution in [3.8, 4) is 0 Å². The van der Waals surface area contributed by atoms with Crippen molar-refractivity contribution in [2.24, 2.45) is 13.0 Å². The minimum atomic E-state index is -4.39. The number of likely N-dealkylation sites (tertiary alicyclic amines) is 1. The van der Waals surface area contributed by atoms with E-state index in [9.17, 15) is 18.0 Å². The molecule has 30 heavy (non-hydrogen) atoms. The first-order chi connectivity index (χ1) is 14.1. The summed E-state index contributed by atoms with van der Waals surface area (Å²) in [5, 5.41) is 11.8. The van der Waals surface area contributed by atoms with E-state index >= 15 is 0 Å². The van der Waals surface area contributed by atoms with Crippen LogP contribution in [0.4, 0.5) is 19.0 Å². The lowest BCUT2D eigenvalue weighted by Crippen LogP contribution is -2.41. The number of nitrogens with zero attached hydrogens (tertiary/aromatic N) is 5. The molecule has 0 bridgehead atoms. The minimum absolute atomic E-state index is 0.0545. The number of aryl methyl sites for hydroxylation is 1. The molecule has 1 saturated heterocycles. The summed E-state index contributed by atoms with van der Waals surface area (Å²) >= 11 is 0. The van der Waals surface area contributed by atoms with Crippen LogP contribution in [-0.4, -0.2) is 49.1 Å². The van der Waals surface area contributed by atoms with Crippen LogP contribution in [0.3, 0.4) is 0 Å². The maximum absolute atomic E-state index is 13.8. The monoisotopic (exact) mass is 424 g/mol. The number of hydrogen-bond acceptors (Lipinski definition) is 4. The Morgan fingerprint density at radius 2 is 2.03 bits per heavy atom. The molecule has 2 aromatic rings. The van der Waals surface area contributed by atoms with Crippen LogP contribution in [0.1, 0.15) is 67.8 Å². The van der Waals surface area contributed by atoms with Crippen LogP contribution in [0.15, 0.2) is 18.3 Å². The van der Waals surface area contributed by atoms with Crippen LogP contribution in [0, 0.1) is 5.92 Å². The van der Waals surface area contributed by atoms with Crippen molar-refractivity contribution in [2.45, 2.75) is 63.8 Å². The summed E-state index contributed by atoms with van der Waals surface area (Å²) in [4.78, 5) is 14.7. The van der Waals surface area contributed by atoms with Crippen molar-refractivity contribution < 1.29 is 18.0 Å². The topological polar surface area (TPSA) is 68.0 Å². The number of piperidine rings is 1. The molecular weight excluding hydrogens is 397 g/mol. The third-order valence-corrected chi connectivity index (χ3v) is 6.08. The van der Waals surface area contributed by atoms with Crippen molar-refractivity contribution in [3.63, 3.8) is 0 Å². The van der Waals surface area contributed by atoms with E-state index in [0.29, 0.717) is 30.2 Å². The van der Waals surface area contributed by atoms with Gasteiger partial charge in [0, 0.05) is 31.9 Å². The molecular formula is C20H27F3N6O. The normalized spacial score (nSPS) is 24.6. The molecule has 1 unspecified atom stereocenters. The highest BCUT2D eigenvalue weighted by atomic mass is 19.4. The Kier molecular flexibility index (Phi) is 5.27. The maximum Gasteiger partial charge on any atom is 0.410 e. The van der Waals surface area contributed by atoms with E-state index in [4.69, 9.17) is 0 Å². The summed E-state index contributed by atoms with van der Waals surface area (Å²) in [6.07, 6.45) is -0.338. The fraction of sp³-hybridized carbons (Fsp3) is 0.650. The predicted molar refractivity (Wildman–Crippen MR) is 105 cm³/mol. The van der Waals surface area contributed by atoms with Gasteiger partial charge in [0.15, 0.2) is 6.04 Å². The van der Waals surface area contributed by atoms with Crippen LogP contribution in [-0.2, 0) is 7.05 Å². The summed E-state index contributed by atoms with van der Waals surface area (Å²) in [5.41, 5.74) is 0.833. The van der Waals surface area contributed by atoms with Crippen LogP contribution < -0.4 is 5.32 Å². The number of carbonyl (C=O) groups excluding carboxylic acids is 1. The number of hydrogen-bond donors (Lipinski definition) is 1. The molecule has 4 heterocycles. The molecule has 164 valence electrons. The van der Waals surface area contributed by atoms with Crippen LogP contribution in [0.5, 0.6) is 0 Å². The first kappa shape index (κ1) is 20.7. The zero-order valence-electron chi connectivity index (χ0n) is 17.4. The SMILES string of the molecule is CC(C)[C@@H]1C[C@H](C(F)(F)F)n2nc(C3CCCCN3C(=O)c3ccn(C)n3)cc2N1. The second-order valence-electron chi connectivity index (χ2n) is 8.57. The lowest BCUT2D eigenvalue weighted by molar-refractivity contribution is -0.174. The molecule has 0 radical (unpaired) electrons. The molecule has 0 aromatic carbocycles. The van der Waals surface area contributed by atoms with Crippen molar-refractivity contribution in [3.05, 3.63) is 29.7 Å². The number of halogens is 3. The number of amides is 1. The number of rotatable bonds is 3. The number of anilines is 1. The van der Waals surface area contributed by atoms with E-state index in [1.54, 1.807) is 35.0 Å². The van der Waals surface area contributed by atoms with Gasteiger partial charge in [0.05, 0.1) is 11.7 Å². The van der Waals surface area contributed by atoms with Gasteiger partial charge in [-0.25, -0.2) is 4.68 Å². The van der Waals surface area contributed by atoms with Gasteiger partial charge in [-0.1, -0.05) is 13.8 Å². The molecule has 2 aliphatic heterocycles. The van der Waals surface area contributed by atoms with E-state index in [1.807, 2.05) is 13.8 Å². The summed E-state index contributed by atoms with van der Waals surface area (Å²) in [7, 11) is 1.74. The van der Waals surface area contributed by atoms with E-state index in [1.165, 1.54) is 0 Å². The van der Waals surface area contributed by atoms with E-state index in [0.717, 1.165) is 17.5 Å². The first-order valence-electron chi connectivity index (χ1n) is 10.4. The number of nitrogens with one attached hydrogen (secondary N) is 1. The van der Waals surface area contributed by atoms with Gasteiger partial charge in [0.25, 0.3) is 5.91 Å². The molecule has 4 rings (SSSR count). The van der Waals surface area contributed by atoms with Crippen LogP contribution in [0.25, 0.3) is 0 Å². The van der Waals surface area contributed by atoms with Crippen LogP contribution in [0.2, 0.25) is 0 Å². The van der Waals surface area contributed by atoms with Crippen molar-refractivity contribution >= 4 is 11.7 Å². The first-order valence-corrected chi connectivity index (χ1v) is 10.4. The lowest BCUT2D eigenvalue weighted by Gasteiger charge is -2.35. The number of carbonyl (C=O) groups is 1. The van der Waals surface area contributed by atoms with Gasteiger partial charge in [0.1, 0.15) is 11.5 Å². The quantitative estimate of drug-likeness (QED) is 0.811. The number of fused-ring (bicyclic) bond motifs is 1. The van der Waals surface area contributed by atoms with Crippen molar-refractivity contribution in [1.29, 1.82) is 0 Å². The largest absolute Gasteiger partial charge is 0.410 e. The fourth-order valence-electron chi connectivity index (χ4n) is 4.38. The third-order valence-electron chi connectivity index (χ3n) is 6.08. The highest BCUT2D eigenvalue weighted by Gasteiger charge is 2.47. The molecule has 3 atom stereocenters. The Labute approximate surface area is 173 Å². The third kappa shape index (κ3) is 3.79. The molecule has 2 aliphatic rings. The predicted octanol–water partition coefficient (Wildman–Crippen LogP) is 3.93. The van der Waals surface area contributed by atoms with Crippen LogP contribution >= 0.6 is 0 Å². The summed E-state index contributed by atoms with van der Waals surface area (Å²) in [6.45, 7) is 4.35. The van der Waals surface area contributed by atoms with Gasteiger partial charge in [-0.2, -0.15) is 23.4 Å². The number of alkyl halides is 3. The molecule has 7 nitrogen and oxygen atoms in total. The molecule has 1 N–H and O–H groups in total. The van der Waals surface area contributed by atoms with E-state index in [2.05, 4.69) is 15.5 Å². The molecule has 2 aromatic heterocycles. The molecule has 1 fully saturated rings. The van der Waals surface area contributed by atoms with Gasteiger partial charge in [0.2, 0.25) is 0 Å². The van der Waals surface area contributed by atoms with E-state index in [-0.39, 0.29) is 30.3 Å². The Hall–Kier alpha value is -2.52. The Balaban J connectivity index is 1.67. The summed E-state index contributed by atoms with van der Waals surface area (Å²) in [6, 6.07) is 1.02. The highest BCUT2D eigenvalue weighted by molar-refractivity contribution is 5.92. The molecule has 10 heteroatoms.